The maximum Gasteiger partial charge on any atom is 0.104 e. The lowest BCUT2D eigenvalue weighted by atomic mass is 9.81. The molecule has 1 saturated carbocycles. The van der Waals surface area contributed by atoms with E-state index in [1.165, 1.54) is 0 Å². The van der Waals surface area contributed by atoms with Gasteiger partial charge < -0.3 is 10.6 Å². The van der Waals surface area contributed by atoms with Crippen molar-refractivity contribution in [1.29, 1.82) is 5.26 Å². The summed E-state index contributed by atoms with van der Waals surface area (Å²) in [6.45, 7) is 1.01. The molecule has 1 aliphatic carbocycles. The minimum absolute atomic E-state index is 0.550. The van der Waals surface area contributed by atoms with E-state index in [2.05, 4.69) is 29.1 Å². The zero-order valence-corrected chi connectivity index (χ0v) is 11.5. The summed E-state index contributed by atoms with van der Waals surface area (Å²) >= 11 is 0. The Morgan fingerprint density at radius 1 is 1.47 bits per heavy atom. The highest BCUT2D eigenvalue weighted by molar-refractivity contribution is 5.08. The van der Waals surface area contributed by atoms with Gasteiger partial charge in [-0.3, -0.25) is 4.98 Å². The molecule has 1 aromatic rings. The van der Waals surface area contributed by atoms with Crippen LogP contribution in [-0.2, 0) is 6.42 Å². The summed E-state index contributed by atoms with van der Waals surface area (Å²) in [6.07, 6.45) is 6.46. The first kappa shape index (κ1) is 14.0. The van der Waals surface area contributed by atoms with Gasteiger partial charge in [0.1, 0.15) is 5.54 Å². The van der Waals surface area contributed by atoms with Crippen molar-refractivity contribution in [2.24, 2.45) is 5.73 Å². The molecule has 0 aliphatic heterocycles. The Bertz CT molecular complexity index is 429. The van der Waals surface area contributed by atoms with Crippen molar-refractivity contribution in [3.8, 4) is 6.07 Å². The van der Waals surface area contributed by atoms with Crippen LogP contribution in [0.1, 0.15) is 31.4 Å². The number of likely N-dealkylation sites (N-methyl/N-ethyl adjacent to an activating group) is 1. The summed E-state index contributed by atoms with van der Waals surface area (Å²) < 4.78 is 0. The van der Waals surface area contributed by atoms with E-state index in [9.17, 15) is 0 Å². The van der Waals surface area contributed by atoms with Gasteiger partial charge in [0.15, 0.2) is 0 Å². The van der Waals surface area contributed by atoms with E-state index in [1.54, 1.807) is 0 Å². The number of nitrogens with zero attached hydrogens (tertiary/aromatic N) is 3. The van der Waals surface area contributed by atoms with E-state index >= 15 is 0 Å². The smallest absolute Gasteiger partial charge is 0.104 e. The van der Waals surface area contributed by atoms with E-state index in [0.29, 0.717) is 6.04 Å². The fraction of sp³-hybridized carbons (Fsp3) is 0.600. The lowest BCUT2D eigenvalue weighted by Gasteiger charge is -2.36. The van der Waals surface area contributed by atoms with Crippen LogP contribution in [0.25, 0.3) is 0 Å². The number of hydrogen-bond donors (Lipinski definition) is 1. The van der Waals surface area contributed by atoms with E-state index in [4.69, 9.17) is 11.0 Å². The number of pyridine rings is 1. The fourth-order valence-electron chi connectivity index (χ4n) is 2.69. The molecule has 4 heteroatoms. The fourth-order valence-corrected chi connectivity index (χ4v) is 2.69. The normalized spacial score (nSPS) is 27.2. The second-order valence-electron chi connectivity index (χ2n) is 5.55. The van der Waals surface area contributed by atoms with Crippen LogP contribution in [0, 0.1) is 11.3 Å². The first-order valence-corrected chi connectivity index (χ1v) is 6.93. The van der Waals surface area contributed by atoms with Gasteiger partial charge in [0.05, 0.1) is 6.07 Å². The van der Waals surface area contributed by atoms with E-state index in [-0.39, 0.29) is 0 Å². The van der Waals surface area contributed by atoms with Gasteiger partial charge >= 0.3 is 0 Å². The Kier molecular flexibility index (Phi) is 4.52. The summed E-state index contributed by atoms with van der Waals surface area (Å²) in [5.74, 6) is 0. The van der Waals surface area contributed by atoms with Gasteiger partial charge in [0.25, 0.3) is 0 Å². The van der Waals surface area contributed by atoms with Crippen molar-refractivity contribution in [3.05, 3.63) is 30.1 Å². The Labute approximate surface area is 115 Å². The van der Waals surface area contributed by atoms with Gasteiger partial charge in [-0.1, -0.05) is 6.07 Å². The highest BCUT2D eigenvalue weighted by Crippen LogP contribution is 2.28. The number of aromatic nitrogens is 1. The van der Waals surface area contributed by atoms with Gasteiger partial charge in [-0.15, -0.1) is 0 Å². The lowest BCUT2D eigenvalue weighted by Crippen LogP contribution is -2.47. The third-order valence-electron chi connectivity index (χ3n) is 4.14. The molecule has 0 spiro atoms. The highest BCUT2D eigenvalue weighted by atomic mass is 15.1. The van der Waals surface area contributed by atoms with Gasteiger partial charge in [-0.05, 0) is 44.9 Å². The van der Waals surface area contributed by atoms with Crippen LogP contribution in [-0.4, -0.2) is 35.1 Å². The molecule has 0 atom stereocenters. The third kappa shape index (κ3) is 3.76. The summed E-state index contributed by atoms with van der Waals surface area (Å²) in [5.41, 5.74) is 6.55. The topological polar surface area (TPSA) is 65.9 Å². The van der Waals surface area contributed by atoms with Crippen molar-refractivity contribution < 1.29 is 0 Å². The molecule has 1 heterocycles. The molecular weight excluding hydrogens is 236 g/mol. The van der Waals surface area contributed by atoms with Crippen LogP contribution in [0.5, 0.6) is 0 Å². The predicted molar refractivity (Wildman–Crippen MR) is 75.4 cm³/mol. The quantitative estimate of drug-likeness (QED) is 0.893. The predicted octanol–water partition coefficient (Wildman–Crippen LogP) is 1.72. The molecule has 2 rings (SSSR count). The summed E-state index contributed by atoms with van der Waals surface area (Å²) in [4.78, 5) is 6.72. The largest absolute Gasteiger partial charge is 0.313 e. The lowest BCUT2D eigenvalue weighted by molar-refractivity contribution is 0.169. The Morgan fingerprint density at radius 3 is 2.79 bits per heavy atom. The minimum Gasteiger partial charge on any atom is -0.313 e. The maximum absolute atomic E-state index is 9.03. The second kappa shape index (κ2) is 6.14. The Morgan fingerprint density at radius 2 is 2.21 bits per heavy atom. The molecule has 0 bridgehead atoms. The van der Waals surface area contributed by atoms with Crippen molar-refractivity contribution in [3.63, 3.8) is 0 Å². The van der Waals surface area contributed by atoms with Crippen molar-refractivity contribution in [1.82, 2.24) is 9.88 Å². The van der Waals surface area contributed by atoms with E-state index in [0.717, 1.165) is 44.3 Å². The zero-order chi connectivity index (χ0) is 13.7. The zero-order valence-electron chi connectivity index (χ0n) is 11.5. The summed E-state index contributed by atoms with van der Waals surface area (Å²) in [7, 11) is 2.16. The van der Waals surface area contributed by atoms with E-state index in [1.807, 2.05) is 18.3 Å². The average Bonchev–Trinajstić information content (AvgIpc) is 2.47. The minimum atomic E-state index is -0.585. The molecule has 0 saturated heterocycles. The third-order valence-corrected chi connectivity index (χ3v) is 4.14. The second-order valence-corrected chi connectivity index (χ2v) is 5.55. The molecular formula is C15H22N4. The van der Waals surface area contributed by atoms with Crippen LogP contribution in [0.3, 0.4) is 0 Å². The molecule has 1 aliphatic rings. The maximum atomic E-state index is 9.03. The van der Waals surface area contributed by atoms with Crippen molar-refractivity contribution in [2.45, 2.75) is 43.7 Å². The average molecular weight is 258 g/mol. The summed E-state index contributed by atoms with van der Waals surface area (Å²) in [6, 6.07) is 8.83. The first-order chi connectivity index (χ1) is 9.13. The van der Waals surface area contributed by atoms with Gasteiger partial charge in [-0.2, -0.15) is 5.26 Å². The van der Waals surface area contributed by atoms with Gasteiger partial charge in [-0.25, -0.2) is 0 Å². The van der Waals surface area contributed by atoms with Crippen LogP contribution in [0.2, 0.25) is 0 Å². The molecule has 102 valence electrons. The number of nitrogens with two attached hydrogens (primary N) is 1. The van der Waals surface area contributed by atoms with E-state index < -0.39 is 5.54 Å². The van der Waals surface area contributed by atoms with Gasteiger partial charge in [0.2, 0.25) is 0 Å². The molecule has 0 amide bonds. The molecule has 0 radical (unpaired) electrons. The monoisotopic (exact) mass is 258 g/mol. The molecule has 1 fully saturated rings. The first-order valence-electron chi connectivity index (χ1n) is 6.93. The Balaban J connectivity index is 1.79. The molecule has 0 aromatic carbocycles. The van der Waals surface area contributed by atoms with Crippen LogP contribution < -0.4 is 5.73 Å². The molecule has 4 nitrogen and oxygen atoms in total. The van der Waals surface area contributed by atoms with Crippen molar-refractivity contribution in [2.75, 3.05) is 13.6 Å². The molecule has 2 N–H and O–H groups in total. The number of rotatable bonds is 4. The molecule has 0 unspecified atom stereocenters. The molecule has 19 heavy (non-hydrogen) atoms. The van der Waals surface area contributed by atoms with Crippen molar-refractivity contribution >= 4 is 0 Å². The molecule has 1 aromatic heterocycles. The van der Waals surface area contributed by atoms with Gasteiger partial charge in [0, 0.05) is 30.9 Å². The SMILES string of the molecule is CN(CCc1ccccn1)C1CCC(N)(C#N)CC1. The van der Waals surface area contributed by atoms with Crippen LogP contribution >= 0.6 is 0 Å². The highest BCUT2D eigenvalue weighted by Gasteiger charge is 2.32. The summed E-state index contributed by atoms with van der Waals surface area (Å²) in [5, 5.41) is 9.03. The number of hydrogen-bond acceptors (Lipinski definition) is 4. The Hall–Kier alpha value is -1.44. The van der Waals surface area contributed by atoms with Crippen LogP contribution in [0.4, 0.5) is 0 Å². The number of nitriles is 1. The van der Waals surface area contributed by atoms with Crippen LogP contribution in [0.15, 0.2) is 24.4 Å². The standard InChI is InChI=1S/C15H22N4/c1-19(11-7-13-4-2-3-10-18-13)14-5-8-15(17,12-16)9-6-14/h2-4,10,14H,5-9,11,17H2,1H3.